The van der Waals surface area contributed by atoms with E-state index in [1.807, 2.05) is 24.3 Å². The van der Waals surface area contributed by atoms with Gasteiger partial charge in [-0.05, 0) is 41.7 Å². The number of benzene rings is 3. The highest BCUT2D eigenvalue weighted by molar-refractivity contribution is 5.64. The van der Waals surface area contributed by atoms with Gasteiger partial charge < -0.3 is 9.47 Å². The molecule has 9 heteroatoms. The number of aryl methyl sites for hydroxylation is 1. The Morgan fingerprint density at radius 1 is 0.800 bits per heavy atom. The lowest BCUT2D eigenvalue weighted by Gasteiger charge is -2.19. The first-order valence-corrected chi connectivity index (χ1v) is 10.7. The summed E-state index contributed by atoms with van der Waals surface area (Å²) in [5.41, 5.74) is 2.10. The van der Waals surface area contributed by atoms with Crippen LogP contribution in [-0.4, -0.2) is 0 Å². The van der Waals surface area contributed by atoms with E-state index in [1.165, 1.54) is 17.7 Å². The van der Waals surface area contributed by atoms with E-state index in [-0.39, 0.29) is 12.1 Å². The van der Waals surface area contributed by atoms with Gasteiger partial charge in [0.2, 0.25) is 5.75 Å². The van der Waals surface area contributed by atoms with Crippen molar-refractivity contribution in [3.8, 4) is 22.6 Å². The number of ether oxygens (including phenoxy) is 2. The molecule has 3 rings (SSSR count). The van der Waals surface area contributed by atoms with Crippen molar-refractivity contribution in [3.05, 3.63) is 95.5 Å². The number of alkyl halides is 2. The molecule has 0 saturated carbocycles. The number of hydrogen-bond acceptors (Lipinski definition) is 2. The molecular formula is C26H21F7O2. The summed E-state index contributed by atoms with van der Waals surface area (Å²) in [5, 5.41) is 0. The molecule has 0 unspecified atom stereocenters. The summed E-state index contributed by atoms with van der Waals surface area (Å²) in [6, 6.07) is 10.9. The Morgan fingerprint density at radius 3 is 1.86 bits per heavy atom. The molecule has 0 heterocycles. The number of unbranched alkanes of at least 4 members (excludes halogenated alkanes) is 2. The summed E-state index contributed by atoms with van der Waals surface area (Å²) in [6.45, 7) is 2.13. The third-order valence-corrected chi connectivity index (χ3v) is 5.14. The van der Waals surface area contributed by atoms with E-state index in [0.29, 0.717) is 5.56 Å². The molecule has 0 aliphatic heterocycles. The molecule has 2 nitrogen and oxygen atoms in total. The van der Waals surface area contributed by atoms with E-state index < -0.39 is 46.9 Å². The molecule has 3 aromatic carbocycles. The standard InChI is InChI=1S/C26H21F7O2/c1-2-3-4-5-16-6-8-17(9-7-16)18-10-12-19(13-11-18)26(32,33)35-20-14-21(27)23(22(28)15-20)34-25(31)24(29)30/h6-15H,2-5H2,1H3. The molecule has 0 bridgehead atoms. The molecule has 0 N–H and O–H groups in total. The summed E-state index contributed by atoms with van der Waals surface area (Å²) < 4.78 is 102. The van der Waals surface area contributed by atoms with Crippen LogP contribution in [0.25, 0.3) is 11.1 Å². The van der Waals surface area contributed by atoms with Crippen molar-refractivity contribution in [2.75, 3.05) is 0 Å². The topological polar surface area (TPSA) is 18.5 Å². The van der Waals surface area contributed by atoms with Gasteiger partial charge in [0.1, 0.15) is 5.75 Å². The van der Waals surface area contributed by atoms with E-state index in [4.69, 9.17) is 0 Å². The number of rotatable bonds is 10. The van der Waals surface area contributed by atoms with Crippen LogP contribution in [0.15, 0.2) is 72.8 Å². The maximum Gasteiger partial charge on any atom is 0.426 e. The van der Waals surface area contributed by atoms with Gasteiger partial charge in [0.05, 0.1) is 5.56 Å². The zero-order valence-electron chi connectivity index (χ0n) is 18.6. The van der Waals surface area contributed by atoms with Crippen molar-refractivity contribution in [3.63, 3.8) is 0 Å². The van der Waals surface area contributed by atoms with Crippen LogP contribution in [0.3, 0.4) is 0 Å². The number of halogens is 7. The minimum Gasteiger partial charge on any atom is -0.429 e. The highest BCUT2D eigenvalue weighted by Gasteiger charge is 2.35. The van der Waals surface area contributed by atoms with Gasteiger partial charge in [-0.2, -0.15) is 22.0 Å². The van der Waals surface area contributed by atoms with Crippen LogP contribution < -0.4 is 9.47 Å². The molecule has 186 valence electrons. The summed E-state index contributed by atoms with van der Waals surface area (Å²) in [7, 11) is 0. The molecule has 0 fully saturated rings. The van der Waals surface area contributed by atoms with E-state index in [9.17, 15) is 30.7 Å². The Kier molecular flexibility index (Phi) is 8.43. The summed E-state index contributed by atoms with van der Waals surface area (Å²) in [6.07, 6.45) is -2.61. The monoisotopic (exact) mass is 498 g/mol. The molecule has 0 spiro atoms. The molecule has 0 saturated heterocycles. The second-order valence-corrected chi connectivity index (χ2v) is 7.70. The molecule has 0 atom stereocenters. The Hall–Kier alpha value is -3.49. The average molecular weight is 498 g/mol. The van der Waals surface area contributed by atoms with Crippen LogP contribution in [0.2, 0.25) is 0 Å². The summed E-state index contributed by atoms with van der Waals surface area (Å²) >= 11 is 0. The largest absolute Gasteiger partial charge is 0.429 e. The first-order chi connectivity index (χ1) is 16.6. The fourth-order valence-corrected chi connectivity index (χ4v) is 3.33. The summed E-state index contributed by atoms with van der Waals surface area (Å²) in [5.74, 6) is -5.89. The van der Waals surface area contributed by atoms with Crippen LogP contribution >= 0.6 is 0 Å². The predicted molar refractivity (Wildman–Crippen MR) is 117 cm³/mol. The average Bonchev–Trinajstić information content (AvgIpc) is 2.81. The lowest BCUT2D eigenvalue weighted by atomic mass is 10.0. The zero-order valence-corrected chi connectivity index (χ0v) is 18.6. The van der Waals surface area contributed by atoms with Crippen molar-refractivity contribution in [1.82, 2.24) is 0 Å². The predicted octanol–water partition coefficient (Wildman–Crippen LogP) is 8.91. The Labute approximate surface area is 197 Å². The number of hydrogen-bond donors (Lipinski definition) is 0. The second-order valence-electron chi connectivity index (χ2n) is 7.70. The minimum atomic E-state index is -3.99. The lowest BCUT2D eigenvalue weighted by Crippen LogP contribution is -2.22. The van der Waals surface area contributed by atoms with Crippen LogP contribution in [-0.2, 0) is 12.5 Å². The lowest BCUT2D eigenvalue weighted by molar-refractivity contribution is -0.185. The van der Waals surface area contributed by atoms with Gasteiger partial charge in [0.25, 0.3) is 0 Å². The SMILES string of the molecule is CCCCCc1ccc(-c2ccc(C(F)(F)Oc3cc(F)c(OC(F)=C(F)F)c(F)c3)cc2)cc1. The molecule has 0 aliphatic rings. The molecule has 3 aromatic rings. The van der Waals surface area contributed by atoms with Crippen molar-refractivity contribution in [1.29, 1.82) is 0 Å². The van der Waals surface area contributed by atoms with Gasteiger partial charge in [-0.3, -0.25) is 0 Å². The van der Waals surface area contributed by atoms with Gasteiger partial charge in [0.15, 0.2) is 11.6 Å². The first kappa shape index (κ1) is 26.1. The quantitative estimate of drug-likeness (QED) is 0.158. The summed E-state index contributed by atoms with van der Waals surface area (Å²) in [4.78, 5) is 0. The highest BCUT2D eigenvalue weighted by atomic mass is 19.3. The first-order valence-electron chi connectivity index (χ1n) is 10.7. The molecule has 0 amide bonds. The molecule has 0 aliphatic carbocycles. The van der Waals surface area contributed by atoms with E-state index in [0.717, 1.165) is 43.4 Å². The van der Waals surface area contributed by atoms with Gasteiger partial charge >= 0.3 is 18.2 Å². The Bertz CT molecular complexity index is 1150. The molecule has 35 heavy (non-hydrogen) atoms. The highest BCUT2D eigenvalue weighted by Crippen LogP contribution is 2.36. The van der Waals surface area contributed by atoms with E-state index in [2.05, 4.69) is 16.4 Å². The minimum absolute atomic E-state index is 0.270. The third-order valence-electron chi connectivity index (χ3n) is 5.14. The molecule has 0 radical (unpaired) electrons. The van der Waals surface area contributed by atoms with Crippen LogP contribution in [0, 0.1) is 11.6 Å². The van der Waals surface area contributed by atoms with Crippen molar-refractivity contribution in [2.24, 2.45) is 0 Å². The normalized spacial score (nSPS) is 11.3. The van der Waals surface area contributed by atoms with Gasteiger partial charge in [0, 0.05) is 12.1 Å². The smallest absolute Gasteiger partial charge is 0.426 e. The maximum atomic E-state index is 14.6. The van der Waals surface area contributed by atoms with Gasteiger partial charge in [-0.1, -0.05) is 56.2 Å². The van der Waals surface area contributed by atoms with Crippen molar-refractivity contribution < 1.29 is 40.2 Å². The van der Waals surface area contributed by atoms with E-state index in [1.54, 1.807) is 0 Å². The fourth-order valence-electron chi connectivity index (χ4n) is 3.33. The Balaban J connectivity index is 1.73. The van der Waals surface area contributed by atoms with Crippen LogP contribution in [0.4, 0.5) is 30.7 Å². The van der Waals surface area contributed by atoms with Gasteiger partial charge in [-0.15, -0.1) is 0 Å². The maximum absolute atomic E-state index is 14.6. The van der Waals surface area contributed by atoms with Crippen molar-refractivity contribution >= 4 is 0 Å². The van der Waals surface area contributed by atoms with Crippen molar-refractivity contribution in [2.45, 2.75) is 38.7 Å². The van der Waals surface area contributed by atoms with Crippen LogP contribution in [0.5, 0.6) is 11.5 Å². The fraction of sp³-hybridized carbons (Fsp3) is 0.231. The van der Waals surface area contributed by atoms with Gasteiger partial charge in [-0.25, -0.2) is 8.78 Å². The molecular weight excluding hydrogens is 477 g/mol. The Morgan fingerprint density at radius 2 is 1.34 bits per heavy atom. The van der Waals surface area contributed by atoms with Crippen LogP contribution in [0.1, 0.15) is 37.3 Å². The molecule has 0 aromatic heterocycles. The third kappa shape index (κ3) is 6.77. The second kappa shape index (κ2) is 11.3. The van der Waals surface area contributed by atoms with E-state index >= 15 is 0 Å². The zero-order chi connectivity index (χ0) is 25.6.